The van der Waals surface area contributed by atoms with Crippen LogP contribution in [-0.4, -0.2) is 24.2 Å². The minimum atomic E-state index is -0.748. The molecule has 2 rings (SSSR count). The molecule has 2 atom stereocenters. The van der Waals surface area contributed by atoms with E-state index >= 15 is 0 Å². The first-order chi connectivity index (χ1) is 7.63. The van der Waals surface area contributed by atoms with Gasteiger partial charge in [-0.2, -0.15) is 0 Å². The summed E-state index contributed by atoms with van der Waals surface area (Å²) in [6.45, 7) is 0. The largest absolute Gasteiger partial charge is 0.481 e. The van der Waals surface area contributed by atoms with E-state index in [9.17, 15) is 9.59 Å². The maximum atomic E-state index is 11.2. The number of carboxylic acid groups (broad SMARTS) is 1. The van der Waals surface area contributed by atoms with Crippen LogP contribution in [0.1, 0.15) is 28.3 Å². The molecule has 1 aliphatic carbocycles. The molecule has 0 saturated heterocycles. The summed E-state index contributed by atoms with van der Waals surface area (Å²) in [7, 11) is 1.33. The zero-order valence-corrected chi connectivity index (χ0v) is 8.84. The highest BCUT2D eigenvalue weighted by molar-refractivity contribution is 5.89. The van der Waals surface area contributed by atoms with Gasteiger partial charge < -0.3 is 9.84 Å². The fourth-order valence-corrected chi connectivity index (χ4v) is 1.82. The van der Waals surface area contributed by atoms with Crippen LogP contribution in [0.2, 0.25) is 0 Å². The van der Waals surface area contributed by atoms with Gasteiger partial charge in [-0.15, -0.1) is 0 Å². The van der Waals surface area contributed by atoms with Crippen molar-refractivity contribution in [2.75, 3.05) is 7.11 Å². The van der Waals surface area contributed by atoms with Crippen LogP contribution in [0.25, 0.3) is 0 Å². The average molecular weight is 220 g/mol. The first-order valence-corrected chi connectivity index (χ1v) is 5.04. The van der Waals surface area contributed by atoms with Gasteiger partial charge in [0, 0.05) is 0 Å². The zero-order chi connectivity index (χ0) is 11.7. The van der Waals surface area contributed by atoms with Crippen LogP contribution < -0.4 is 0 Å². The number of aliphatic carboxylic acids is 1. The topological polar surface area (TPSA) is 63.6 Å². The van der Waals surface area contributed by atoms with Crippen molar-refractivity contribution in [1.82, 2.24) is 0 Å². The second kappa shape index (κ2) is 3.96. The summed E-state index contributed by atoms with van der Waals surface area (Å²) in [5.41, 5.74) is 1.46. The number of ether oxygens (including phenoxy) is 1. The van der Waals surface area contributed by atoms with Crippen molar-refractivity contribution < 1.29 is 19.4 Å². The van der Waals surface area contributed by atoms with Gasteiger partial charge >= 0.3 is 11.9 Å². The van der Waals surface area contributed by atoms with Crippen LogP contribution in [0.5, 0.6) is 0 Å². The van der Waals surface area contributed by atoms with Crippen LogP contribution >= 0.6 is 0 Å². The lowest BCUT2D eigenvalue weighted by Crippen LogP contribution is -2.01. The Morgan fingerprint density at radius 3 is 2.38 bits per heavy atom. The Morgan fingerprint density at radius 1 is 1.31 bits per heavy atom. The van der Waals surface area contributed by atoms with Crippen LogP contribution in [0, 0.1) is 5.92 Å². The molecule has 4 nitrogen and oxygen atoms in total. The van der Waals surface area contributed by atoms with E-state index in [1.54, 1.807) is 24.3 Å². The Morgan fingerprint density at radius 2 is 1.94 bits per heavy atom. The maximum absolute atomic E-state index is 11.2. The third-order valence-electron chi connectivity index (χ3n) is 2.87. The molecule has 1 aromatic carbocycles. The first kappa shape index (κ1) is 10.7. The lowest BCUT2D eigenvalue weighted by molar-refractivity contribution is -0.138. The van der Waals surface area contributed by atoms with Crippen molar-refractivity contribution in [2.45, 2.75) is 12.3 Å². The highest BCUT2D eigenvalue weighted by Gasteiger charge is 2.44. The van der Waals surface area contributed by atoms with Gasteiger partial charge in [0.2, 0.25) is 0 Å². The molecule has 0 amide bonds. The normalized spacial score (nSPS) is 22.6. The van der Waals surface area contributed by atoms with Crippen molar-refractivity contribution in [2.24, 2.45) is 5.92 Å². The molecule has 0 spiro atoms. The Bertz CT molecular complexity index is 421. The Kier molecular flexibility index (Phi) is 2.64. The van der Waals surface area contributed by atoms with Crippen LogP contribution in [-0.2, 0) is 9.53 Å². The number of rotatable bonds is 3. The predicted molar refractivity (Wildman–Crippen MR) is 56.3 cm³/mol. The molecular formula is C12H12O4. The molecule has 0 radical (unpaired) electrons. The van der Waals surface area contributed by atoms with E-state index < -0.39 is 5.97 Å². The number of carbonyl (C=O) groups is 2. The second-order valence-corrected chi connectivity index (χ2v) is 3.90. The summed E-state index contributed by atoms with van der Waals surface area (Å²) < 4.78 is 4.58. The van der Waals surface area contributed by atoms with Gasteiger partial charge in [0.05, 0.1) is 18.6 Å². The first-order valence-electron chi connectivity index (χ1n) is 5.04. The lowest BCUT2D eigenvalue weighted by atomic mass is 10.1. The highest BCUT2D eigenvalue weighted by Crippen LogP contribution is 2.47. The Labute approximate surface area is 92.8 Å². The van der Waals surface area contributed by atoms with E-state index in [0.29, 0.717) is 12.0 Å². The zero-order valence-electron chi connectivity index (χ0n) is 8.84. The summed E-state index contributed by atoms with van der Waals surface area (Å²) in [5, 5.41) is 8.79. The minimum absolute atomic E-state index is 0.101. The molecular weight excluding hydrogens is 208 g/mol. The van der Waals surface area contributed by atoms with Gasteiger partial charge in [-0.05, 0) is 30.0 Å². The van der Waals surface area contributed by atoms with Gasteiger partial charge in [-0.3, -0.25) is 4.79 Å². The summed E-state index contributed by atoms with van der Waals surface area (Å²) in [5.74, 6) is -1.28. The van der Waals surface area contributed by atoms with E-state index in [2.05, 4.69) is 4.74 Å². The van der Waals surface area contributed by atoms with Gasteiger partial charge in [0.1, 0.15) is 0 Å². The average Bonchev–Trinajstić information content (AvgIpc) is 3.08. The molecule has 1 aromatic rings. The van der Waals surface area contributed by atoms with Gasteiger partial charge in [0.25, 0.3) is 0 Å². The molecule has 1 saturated carbocycles. The molecule has 0 aromatic heterocycles. The smallest absolute Gasteiger partial charge is 0.337 e. The molecule has 0 bridgehead atoms. The van der Waals surface area contributed by atoms with Crippen LogP contribution in [0.4, 0.5) is 0 Å². The summed E-state index contributed by atoms with van der Waals surface area (Å²) in [6, 6.07) is 6.91. The van der Waals surface area contributed by atoms with E-state index in [1.807, 2.05) is 0 Å². The summed E-state index contributed by atoms with van der Waals surface area (Å²) in [6.07, 6.45) is 0.687. The Balaban J connectivity index is 2.09. The minimum Gasteiger partial charge on any atom is -0.481 e. The number of hydrogen-bond donors (Lipinski definition) is 1. The van der Waals surface area contributed by atoms with Crippen molar-refractivity contribution >= 4 is 11.9 Å². The molecule has 84 valence electrons. The van der Waals surface area contributed by atoms with Gasteiger partial charge in [-0.1, -0.05) is 12.1 Å². The SMILES string of the molecule is COC(=O)c1ccc([C@H]2CC2C(=O)O)cc1. The van der Waals surface area contributed by atoms with Crippen molar-refractivity contribution in [3.8, 4) is 0 Å². The fourth-order valence-electron chi connectivity index (χ4n) is 1.82. The molecule has 1 aliphatic rings. The molecule has 1 unspecified atom stereocenters. The second-order valence-electron chi connectivity index (χ2n) is 3.90. The number of carboxylic acids is 1. The predicted octanol–water partition coefficient (Wildman–Crippen LogP) is 1.66. The quantitative estimate of drug-likeness (QED) is 0.787. The number of hydrogen-bond acceptors (Lipinski definition) is 3. The van der Waals surface area contributed by atoms with Crippen LogP contribution in [0.15, 0.2) is 24.3 Å². The number of esters is 1. The maximum Gasteiger partial charge on any atom is 0.337 e. The number of benzene rings is 1. The number of carbonyl (C=O) groups excluding carboxylic acids is 1. The Hall–Kier alpha value is -1.84. The van der Waals surface area contributed by atoms with E-state index in [4.69, 9.17) is 5.11 Å². The summed E-state index contributed by atoms with van der Waals surface area (Å²) >= 11 is 0. The molecule has 1 fully saturated rings. The van der Waals surface area contributed by atoms with Crippen molar-refractivity contribution in [1.29, 1.82) is 0 Å². The van der Waals surface area contributed by atoms with Crippen molar-refractivity contribution in [3.63, 3.8) is 0 Å². The van der Waals surface area contributed by atoms with E-state index in [-0.39, 0.29) is 17.8 Å². The van der Waals surface area contributed by atoms with E-state index in [1.165, 1.54) is 7.11 Å². The third-order valence-corrected chi connectivity index (χ3v) is 2.87. The lowest BCUT2D eigenvalue weighted by Gasteiger charge is -2.01. The molecule has 1 N–H and O–H groups in total. The molecule has 0 heterocycles. The van der Waals surface area contributed by atoms with Crippen molar-refractivity contribution in [3.05, 3.63) is 35.4 Å². The standard InChI is InChI=1S/C12H12O4/c1-16-12(15)8-4-2-7(3-5-8)9-6-10(9)11(13)14/h2-5,9-10H,6H2,1H3,(H,13,14)/t9-,10?/m1/s1. The van der Waals surface area contributed by atoms with Gasteiger partial charge in [-0.25, -0.2) is 4.79 Å². The fraction of sp³-hybridized carbons (Fsp3) is 0.333. The van der Waals surface area contributed by atoms with Crippen LogP contribution in [0.3, 0.4) is 0 Å². The molecule has 16 heavy (non-hydrogen) atoms. The number of methoxy groups -OCH3 is 1. The molecule has 4 heteroatoms. The monoisotopic (exact) mass is 220 g/mol. The highest BCUT2D eigenvalue weighted by atomic mass is 16.5. The van der Waals surface area contributed by atoms with E-state index in [0.717, 1.165) is 5.56 Å². The summed E-state index contributed by atoms with van der Waals surface area (Å²) in [4.78, 5) is 21.9. The molecule has 0 aliphatic heterocycles. The third kappa shape index (κ3) is 1.91. The van der Waals surface area contributed by atoms with Gasteiger partial charge in [0.15, 0.2) is 0 Å².